The van der Waals surface area contributed by atoms with Crippen LogP contribution in [0.1, 0.15) is 39.4 Å². The van der Waals surface area contributed by atoms with Gasteiger partial charge in [0.25, 0.3) is 5.88 Å². The molecule has 0 amide bonds. The monoisotopic (exact) mass is 400 g/mol. The zero-order valence-corrected chi connectivity index (χ0v) is 16.8. The molecule has 0 aliphatic heterocycles. The van der Waals surface area contributed by atoms with E-state index in [1.165, 1.54) is 11.3 Å². The number of rotatable bonds is 7. The second-order valence-electron chi connectivity index (χ2n) is 6.98. The largest absolute Gasteiger partial charge is 0.475 e. The van der Waals surface area contributed by atoms with Crippen LogP contribution in [-0.4, -0.2) is 31.8 Å². The Morgan fingerprint density at radius 2 is 2.07 bits per heavy atom. The molecule has 1 fully saturated rings. The van der Waals surface area contributed by atoms with Gasteiger partial charge in [0.2, 0.25) is 5.82 Å². The molecule has 3 aromatic heterocycles. The van der Waals surface area contributed by atoms with E-state index in [-0.39, 0.29) is 11.7 Å². The molecule has 3 aromatic rings. The van der Waals surface area contributed by atoms with Crippen molar-refractivity contribution in [1.29, 1.82) is 0 Å². The van der Waals surface area contributed by atoms with Crippen molar-refractivity contribution in [3.8, 4) is 5.88 Å². The van der Waals surface area contributed by atoms with Gasteiger partial charge in [-0.2, -0.15) is 9.37 Å². The van der Waals surface area contributed by atoms with Crippen LogP contribution in [0.25, 0.3) is 0 Å². The van der Waals surface area contributed by atoms with E-state index >= 15 is 0 Å². The molecule has 1 aliphatic carbocycles. The van der Waals surface area contributed by atoms with Gasteiger partial charge in [0.15, 0.2) is 5.82 Å². The summed E-state index contributed by atoms with van der Waals surface area (Å²) in [5.74, 6) is 0.641. The van der Waals surface area contributed by atoms with Crippen molar-refractivity contribution >= 4 is 17.2 Å². The molecule has 9 heteroatoms. The van der Waals surface area contributed by atoms with E-state index in [2.05, 4.69) is 36.5 Å². The Bertz CT molecular complexity index is 977. The predicted octanol–water partition coefficient (Wildman–Crippen LogP) is 3.58. The zero-order chi connectivity index (χ0) is 19.7. The van der Waals surface area contributed by atoms with Gasteiger partial charge in [-0.3, -0.25) is 4.98 Å². The first-order valence-corrected chi connectivity index (χ1v) is 9.93. The molecule has 3 heterocycles. The van der Waals surface area contributed by atoms with Gasteiger partial charge in [-0.1, -0.05) is 17.4 Å². The smallest absolute Gasteiger partial charge is 0.256 e. The summed E-state index contributed by atoms with van der Waals surface area (Å²) < 4.78 is 20.4. The standard InChI is InChI=1S/C19H21FN6OS/c1-10-4-5-15(21-7-10)14-6-13(14)9-27-19-17(20)18(23-11(2)24-19)22-8-16-26-25-12(3)28-16/h4-5,7,13-14H,6,8-9H2,1-3H3,(H,22,23,24)/t13-,14+/m1/s1. The fourth-order valence-electron chi connectivity index (χ4n) is 2.99. The summed E-state index contributed by atoms with van der Waals surface area (Å²) >= 11 is 1.45. The van der Waals surface area contributed by atoms with Crippen LogP contribution in [0.4, 0.5) is 10.2 Å². The molecule has 0 unspecified atom stereocenters. The van der Waals surface area contributed by atoms with Gasteiger partial charge in [-0.05, 0) is 38.8 Å². The van der Waals surface area contributed by atoms with Gasteiger partial charge in [0.1, 0.15) is 15.8 Å². The molecule has 1 N–H and O–H groups in total. The van der Waals surface area contributed by atoms with Crippen molar-refractivity contribution in [1.82, 2.24) is 25.1 Å². The second-order valence-corrected chi connectivity index (χ2v) is 8.25. The minimum atomic E-state index is -0.586. The van der Waals surface area contributed by atoms with Crippen LogP contribution < -0.4 is 10.1 Å². The molecule has 0 spiro atoms. The number of aromatic nitrogens is 5. The molecule has 4 rings (SSSR count). The van der Waals surface area contributed by atoms with E-state index < -0.39 is 5.82 Å². The number of nitrogens with zero attached hydrogens (tertiary/aromatic N) is 5. The van der Waals surface area contributed by atoms with Gasteiger partial charge in [-0.15, -0.1) is 10.2 Å². The third-order valence-corrected chi connectivity index (χ3v) is 5.42. The van der Waals surface area contributed by atoms with Gasteiger partial charge < -0.3 is 10.1 Å². The normalized spacial score (nSPS) is 18.1. The Balaban J connectivity index is 1.38. The average molecular weight is 400 g/mol. The molecule has 0 bridgehead atoms. The number of hydrogen-bond donors (Lipinski definition) is 1. The summed E-state index contributed by atoms with van der Waals surface area (Å²) in [5, 5.41) is 12.6. The van der Waals surface area contributed by atoms with E-state index in [1.54, 1.807) is 6.92 Å². The highest BCUT2D eigenvalue weighted by atomic mass is 32.1. The minimum Gasteiger partial charge on any atom is -0.475 e. The lowest BCUT2D eigenvalue weighted by atomic mass is 10.2. The lowest BCUT2D eigenvalue weighted by molar-refractivity contribution is 0.269. The zero-order valence-electron chi connectivity index (χ0n) is 15.9. The topological polar surface area (TPSA) is 85.7 Å². The first-order valence-electron chi connectivity index (χ1n) is 9.12. The quantitative estimate of drug-likeness (QED) is 0.649. The SMILES string of the molecule is Cc1ccc([C@H]2C[C@@H]2COc2nc(C)nc(NCc3nnc(C)s3)c2F)nc1. The predicted molar refractivity (Wildman–Crippen MR) is 104 cm³/mol. The summed E-state index contributed by atoms with van der Waals surface area (Å²) in [6.07, 6.45) is 2.86. The van der Waals surface area contributed by atoms with E-state index in [0.717, 1.165) is 27.7 Å². The molecule has 146 valence electrons. The maximum absolute atomic E-state index is 14.7. The summed E-state index contributed by atoms with van der Waals surface area (Å²) in [7, 11) is 0. The van der Waals surface area contributed by atoms with Crippen LogP contribution in [0, 0.1) is 32.5 Å². The lowest BCUT2D eigenvalue weighted by Gasteiger charge is -2.11. The second kappa shape index (κ2) is 7.75. The van der Waals surface area contributed by atoms with E-state index in [1.807, 2.05) is 26.1 Å². The maximum Gasteiger partial charge on any atom is 0.256 e. The van der Waals surface area contributed by atoms with Crippen LogP contribution >= 0.6 is 11.3 Å². The number of hydrogen-bond acceptors (Lipinski definition) is 8. The van der Waals surface area contributed by atoms with Crippen LogP contribution in [-0.2, 0) is 6.54 Å². The number of ether oxygens (including phenoxy) is 1. The van der Waals surface area contributed by atoms with Gasteiger partial charge >= 0.3 is 0 Å². The molecule has 28 heavy (non-hydrogen) atoms. The molecule has 1 saturated carbocycles. The molecule has 0 aromatic carbocycles. The van der Waals surface area contributed by atoms with Crippen LogP contribution in [0.15, 0.2) is 18.3 Å². The van der Waals surface area contributed by atoms with E-state index in [0.29, 0.717) is 30.8 Å². The van der Waals surface area contributed by atoms with Crippen molar-refractivity contribution in [2.75, 3.05) is 11.9 Å². The first-order chi connectivity index (χ1) is 13.5. The molecule has 0 saturated heterocycles. The Morgan fingerprint density at radius 3 is 2.79 bits per heavy atom. The van der Waals surface area contributed by atoms with E-state index in [9.17, 15) is 4.39 Å². The van der Waals surface area contributed by atoms with Gasteiger partial charge in [0.05, 0.1) is 13.2 Å². The molecule has 1 aliphatic rings. The Labute approximate surface area is 166 Å². The van der Waals surface area contributed by atoms with Crippen molar-refractivity contribution < 1.29 is 9.13 Å². The Morgan fingerprint density at radius 1 is 1.21 bits per heavy atom. The van der Waals surface area contributed by atoms with Crippen LogP contribution in [0.2, 0.25) is 0 Å². The number of halogens is 1. The number of nitrogens with one attached hydrogen (secondary N) is 1. The third kappa shape index (κ3) is 4.24. The summed E-state index contributed by atoms with van der Waals surface area (Å²) in [6.45, 7) is 6.36. The highest BCUT2D eigenvalue weighted by molar-refractivity contribution is 7.11. The summed E-state index contributed by atoms with van der Waals surface area (Å²) in [4.78, 5) is 12.7. The van der Waals surface area contributed by atoms with Gasteiger partial charge in [0, 0.05) is 23.7 Å². The highest BCUT2D eigenvalue weighted by Gasteiger charge is 2.40. The summed E-state index contributed by atoms with van der Waals surface area (Å²) in [5.41, 5.74) is 2.20. The fourth-order valence-corrected chi connectivity index (χ4v) is 3.64. The van der Waals surface area contributed by atoms with Crippen molar-refractivity contribution in [3.63, 3.8) is 0 Å². The molecule has 2 atom stereocenters. The molecule has 7 nitrogen and oxygen atoms in total. The number of aryl methyl sites for hydroxylation is 3. The molecular weight excluding hydrogens is 379 g/mol. The van der Waals surface area contributed by atoms with Crippen LogP contribution in [0.5, 0.6) is 5.88 Å². The van der Waals surface area contributed by atoms with E-state index in [4.69, 9.17) is 4.74 Å². The Kier molecular flexibility index (Phi) is 5.17. The highest BCUT2D eigenvalue weighted by Crippen LogP contribution is 2.46. The van der Waals surface area contributed by atoms with Crippen LogP contribution in [0.3, 0.4) is 0 Å². The first kappa shape index (κ1) is 18.7. The average Bonchev–Trinajstić information content (AvgIpc) is 3.33. The maximum atomic E-state index is 14.7. The third-order valence-electron chi connectivity index (χ3n) is 4.58. The molecule has 0 radical (unpaired) electrons. The Hall–Kier alpha value is -2.68. The minimum absolute atomic E-state index is 0.0223. The number of pyridine rings is 1. The fraction of sp³-hybridized carbons (Fsp3) is 0.421. The lowest BCUT2D eigenvalue weighted by Crippen LogP contribution is -2.10. The molecular formula is C19H21FN6OS. The van der Waals surface area contributed by atoms with Crippen molar-refractivity contribution in [2.45, 2.75) is 39.7 Å². The summed E-state index contributed by atoms with van der Waals surface area (Å²) in [6, 6.07) is 4.11. The van der Waals surface area contributed by atoms with Gasteiger partial charge in [-0.25, -0.2) is 4.98 Å². The number of anilines is 1. The van der Waals surface area contributed by atoms with Crippen molar-refractivity contribution in [3.05, 3.63) is 51.2 Å². The van der Waals surface area contributed by atoms with Crippen molar-refractivity contribution in [2.24, 2.45) is 5.92 Å².